The Hall–Kier alpha value is -1.70. The van der Waals surface area contributed by atoms with Crippen molar-refractivity contribution in [2.75, 3.05) is 6.61 Å². The lowest BCUT2D eigenvalue weighted by molar-refractivity contribution is 0.276. The molecule has 2 nitrogen and oxygen atoms in total. The Morgan fingerprint density at radius 2 is 1.76 bits per heavy atom. The smallest absolute Gasteiger partial charge is 0.161 e. The molecule has 2 rings (SSSR count). The van der Waals surface area contributed by atoms with E-state index < -0.39 is 0 Å². The van der Waals surface area contributed by atoms with Gasteiger partial charge >= 0.3 is 0 Å². The average molecular weight is 230 g/mol. The lowest BCUT2D eigenvalue weighted by Gasteiger charge is -2.10. The van der Waals surface area contributed by atoms with Crippen LogP contribution in [0.1, 0.15) is 20.3 Å². The van der Waals surface area contributed by atoms with E-state index in [0.717, 1.165) is 17.2 Å². The van der Waals surface area contributed by atoms with Crippen LogP contribution in [0.25, 0.3) is 10.8 Å². The van der Waals surface area contributed by atoms with Crippen molar-refractivity contribution in [3.05, 3.63) is 36.4 Å². The summed E-state index contributed by atoms with van der Waals surface area (Å²) in [5.74, 6) is 1.40. The van der Waals surface area contributed by atoms with Gasteiger partial charge in [-0.15, -0.1) is 0 Å². The quantitative estimate of drug-likeness (QED) is 0.861. The molecule has 0 unspecified atom stereocenters. The fraction of sp³-hybridized carbons (Fsp3) is 0.333. The minimum atomic E-state index is 0.215. The Morgan fingerprint density at radius 1 is 1.12 bits per heavy atom. The number of hydrogen-bond donors (Lipinski definition) is 1. The molecule has 0 fully saturated rings. The molecular formula is C15H18O2. The molecule has 0 saturated carbocycles. The predicted octanol–water partition coefficient (Wildman–Crippen LogP) is 3.97. The maximum absolute atomic E-state index is 9.85. The van der Waals surface area contributed by atoms with Crippen molar-refractivity contribution in [2.45, 2.75) is 20.3 Å². The molecule has 0 aromatic heterocycles. The molecule has 0 aliphatic rings. The van der Waals surface area contributed by atoms with E-state index in [1.807, 2.05) is 30.3 Å². The number of phenolic OH excluding ortho intramolecular Hbond substituents is 1. The third-order valence-electron chi connectivity index (χ3n) is 2.78. The SMILES string of the molecule is CC(C)CCOc1cc2ccccc2cc1O. The number of aromatic hydroxyl groups is 1. The standard InChI is InChI=1S/C15H18O2/c1-11(2)7-8-17-15-10-13-6-4-3-5-12(13)9-14(15)16/h3-6,9-11,16H,7-8H2,1-2H3. The molecule has 0 amide bonds. The maximum Gasteiger partial charge on any atom is 0.161 e. The van der Waals surface area contributed by atoms with E-state index in [1.165, 1.54) is 0 Å². The molecule has 0 aliphatic carbocycles. The number of ether oxygens (including phenoxy) is 1. The van der Waals surface area contributed by atoms with Gasteiger partial charge in [-0.25, -0.2) is 0 Å². The normalized spacial score (nSPS) is 11.0. The number of rotatable bonds is 4. The van der Waals surface area contributed by atoms with Gasteiger partial charge in [-0.05, 0) is 35.2 Å². The zero-order valence-electron chi connectivity index (χ0n) is 10.3. The first-order valence-corrected chi connectivity index (χ1v) is 6.01. The van der Waals surface area contributed by atoms with Gasteiger partial charge in [-0.1, -0.05) is 38.1 Å². The molecule has 2 aromatic rings. The molecule has 0 bridgehead atoms. The Balaban J connectivity index is 2.19. The van der Waals surface area contributed by atoms with Gasteiger partial charge in [0, 0.05) is 0 Å². The van der Waals surface area contributed by atoms with Crippen LogP contribution in [0.4, 0.5) is 0 Å². The van der Waals surface area contributed by atoms with Gasteiger partial charge < -0.3 is 9.84 Å². The third-order valence-corrected chi connectivity index (χ3v) is 2.78. The van der Waals surface area contributed by atoms with E-state index in [1.54, 1.807) is 6.07 Å². The van der Waals surface area contributed by atoms with E-state index in [4.69, 9.17) is 4.74 Å². The monoisotopic (exact) mass is 230 g/mol. The van der Waals surface area contributed by atoms with Crippen molar-refractivity contribution < 1.29 is 9.84 Å². The van der Waals surface area contributed by atoms with Crippen molar-refractivity contribution in [1.82, 2.24) is 0 Å². The summed E-state index contributed by atoms with van der Waals surface area (Å²) in [6.07, 6.45) is 0.992. The van der Waals surface area contributed by atoms with Crippen LogP contribution >= 0.6 is 0 Å². The van der Waals surface area contributed by atoms with Gasteiger partial charge in [0.15, 0.2) is 11.5 Å². The zero-order valence-corrected chi connectivity index (χ0v) is 10.3. The van der Waals surface area contributed by atoms with Crippen molar-refractivity contribution in [1.29, 1.82) is 0 Å². The second kappa shape index (κ2) is 5.09. The Kier molecular flexibility index (Phi) is 3.52. The fourth-order valence-electron chi connectivity index (χ4n) is 1.73. The first-order valence-electron chi connectivity index (χ1n) is 6.01. The Bertz CT molecular complexity index is 503. The molecule has 0 heterocycles. The number of phenols is 1. The van der Waals surface area contributed by atoms with Gasteiger partial charge in [0.05, 0.1) is 6.61 Å². The lowest BCUT2D eigenvalue weighted by Crippen LogP contribution is -2.01. The molecule has 17 heavy (non-hydrogen) atoms. The summed E-state index contributed by atoms with van der Waals surface area (Å²) in [4.78, 5) is 0. The fourth-order valence-corrected chi connectivity index (χ4v) is 1.73. The molecule has 90 valence electrons. The Labute approximate surface area is 102 Å². The van der Waals surface area contributed by atoms with Crippen LogP contribution in [-0.2, 0) is 0 Å². The van der Waals surface area contributed by atoms with Crippen LogP contribution in [0.5, 0.6) is 11.5 Å². The maximum atomic E-state index is 9.85. The summed E-state index contributed by atoms with van der Waals surface area (Å²) in [6, 6.07) is 11.6. The van der Waals surface area contributed by atoms with E-state index >= 15 is 0 Å². The molecule has 1 N–H and O–H groups in total. The first-order chi connectivity index (χ1) is 8.16. The van der Waals surface area contributed by atoms with Crippen LogP contribution in [0, 0.1) is 5.92 Å². The average Bonchev–Trinajstić information content (AvgIpc) is 2.29. The summed E-state index contributed by atoms with van der Waals surface area (Å²) in [6.45, 7) is 4.96. The Morgan fingerprint density at radius 3 is 2.41 bits per heavy atom. The van der Waals surface area contributed by atoms with Crippen LogP contribution < -0.4 is 4.74 Å². The summed E-state index contributed by atoms with van der Waals surface area (Å²) < 4.78 is 5.61. The van der Waals surface area contributed by atoms with Crippen LogP contribution in [0.2, 0.25) is 0 Å². The van der Waals surface area contributed by atoms with E-state index in [-0.39, 0.29) is 5.75 Å². The van der Waals surface area contributed by atoms with Crippen LogP contribution in [0.15, 0.2) is 36.4 Å². The molecule has 2 aromatic carbocycles. The molecule has 0 aliphatic heterocycles. The number of benzene rings is 2. The largest absolute Gasteiger partial charge is 0.504 e. The van der Waals surface area contributed by atoms with Crippen molar-refractivity contribution in [3.8, 4) is 11.5 Å². The highest BCUT2D eigenvalue weighted by Crippen LogP contribution is 2.31. The van der Waals surface area contributed by atoms with Crippen LogP contribution in [-0.4, -0.2) is 11.7 Å². The second-order valence-electron chi connectivity index (χ2n) is 4.70. The minimum Gasteiger partial charge on any atom is -0.504 e. The van der Waals surface area contributed by atoms with E-state index in [2.05, 4.69) is 13.8 Å². The highest BCUT2D eigenvalue weighted by molar-refractivity contribution is 5.85. The molecule has 0 radical (unpaired) electrons. The second-order valence-corrected chi connectivity index (χ2v) is 4.70. The highest BCUT2D eigenvalue weighted by atomic mass is 16.5. The van der Waals surface area contributed by atoms with E-state index in [0.29, 0.717) is 18.3 Å². The minimum absolute atomic E-state index is 0.215. The highest BCUT2D eigenvalue weighted by Gasteiger charge is 2.05. The van der Waals surface area contributed by atoms with Gasteiger partial charge in [0.25, 0.3) is 0 Å². The summed E-state index contributed by atoms with van der Waals surface area (Å²) in [7, 11) is 0. The van der Waals surface area contributed by atoms with Gasteiger partial charge in [0.1, 0.15) is 0 Å². The zero-order chi connectivity index (χ0) is 12.3. The summed E-state index contributed by atoms with van der Waals surface area (Å²) >= 11 is 0. The van der Waals surface area contributed by atoms with E-state index in [9.17, 15) is 5.11 Å². The first kappa shape index (κ1) is 11.8. The number of hydrogen-bond acceptors (Lipinski definition) is 2. The molecule has 0 atom stereocenters. The topological polar surface area (TPSA) is 29.5 Å². The summed E-state index contributed by atoms with van der Waals surface area (Å²) in [5, 5.41) is 12.0. The lowest BCUT2D eigenvalue weighted by atomic mass is 10.1. The van der Waals surface area contributed by atoms with Crippen molar-refractivity contribution in [3.63, 3.8) is 0 Å². The molecule has 2 heteroatoms. The van der Waals surface area contributed by atoms with Crippen LogP contribution in [0.3, 0.4) is 0 Å². The molecular weight excluding hydrogens is 212 g/mol. The summed E-state index contributed by atoms with van der Waals surface area (Å²) in [5.41, 5.74) is 0. The molecule has 0 saturated heterocycles. The third kappa shape index (κ3) is 2.90. The van der Waals surface area contributed by atoms with Crippen molar-refractivity contribution >= 4 is 10.8 Å². The van der Waals surface area contributed by atoms with Gasteiger partial charge in [-0.2, -0.15) is 0 Å². The molecule has 0 spiro atoms. The number of fused-ring (bicyclic) bond motifs is 1. The van der Waals surface area contributed by atoms with Gasteiger partial charge in [0.2, 0.25) is 0 Å². The van der Waals surface area contributed by atoms with Gasteiger partial charge in [-0.3, -0.25) is 0 Å². The van der Waals surface area contributed by atoms with Crippen molar-refractivity contribution in [2.24, 2.45) is 5.92 Å². The predicted molar refractivity (Wildman–Crippen MR) is 70.6 cm³/mol.